The number of carbonyl (C=O) groups excluding carboxylic acids is 4. The number of hydrogen-bond acceptors (Lipinski definition) is 11. The predicted octanol–water partition coefficient (Wildman–Crippen LogP) is 9.34. The summed E-state index contributed by atoms with van der Waals surface area (Å²) in [4.78, 5) is 46.3. The molecular weight excluding hydrogens is 668 g/mol. The van der Waals surface area contributed by atoms with Crippen molar-refractivity contribution < 1.29 is 52.3 Å². The van der Waals surface area contributed by atoms with E-state index in [1.165, 1.54) is 0 Å². The monoisotopic (exact) mass is 722 g/mol. The van der Waals surface area contributed by atoms with Crippen molar-refractivity contribution >= 4 is 23.9 Å². The van der Waals surface area contributed by atoms with E-state index in [1.54, 1.807) is 121 Å². The number of benzene rings is 4. The van der Waals surface area contributed by atoms with E-state index in [-0.39, 0.29) is 13.6 Å². The van der Waals surface area contributed by atoms with Gasteiger partial charge in [0.1, 0.15) is 0 Å². The maximum Gasteiger partial charge on any atom is 0.346 e. The maximum atomic E-state index is 11.6. The van der Waals surface area contributed by atoms with Crippen molar-refractivity contribution in [1.82, 2.24) is 0 Å². The number of rotatable bonds is 8. The molecule has 5 rings (SSSR count). The van der Waals surface area contributed by atoms with Crippen molar-refractivity contribution in [3.8, 4) is 0 Å². The second-order valence-electron chi connectivity index (χ2n) is 8.41. The molecule has 1 aliphatic rings. The topological polar surface area (TPSA) is 133 Å². The fourth-order valence-electron chi connectivity index (χ4n) is 3.17. The van der Waals surface area contributed by atoms with Crippen molar-refractivity contribution in [3.05, 3.63) is 144 Å². The summed E-state index contributed by atoms with van der Waals surface area (Å²) >= 11 is 0. The lowest BCUT2D eigenvalue weighted by Gasteiger charge is -2.10. The Balaban J connectivity index is 0. The van der Waals surface area contributed by atoms with Crippen LogP contribution < -0.4 is 0 Å². The highest BCUT2D eigenvalue weighted by Crippen LogP contribution is 2.06. The minimum atomic E-state index is -0.639. The Morgan fingerprint density at radius 3 is 0.865 bits per heavy atom. The van der Waals surface area contributed by atoms with Gasteiger partial charge in [-0.15, -0.1) is 0 Å². The lowest BCUT2D eigenvalue weighted by Crippen LogP contribution is -2.14. The molecule has 0 aromatic heterocycles. The minimum Gasteiger partial charge on any atom is -0.435 e. The summed E-state index contributed by atoms with van der Waals surface area (Å²) in [6.07, 6.45) is 0. The summed E-state index contributed by atoms with van der Waals surface area (Å²) in [5.74, 6) is -2.27. The number of carbonyl (C=O) groups is 4. The molecule has 0 bridgehead atoms. The van der Waals surface area contributed by atoms with Gasteiger partial charge in [0.15, 0.2) is 34.0 Å². The first kappa shape index (κ1) is 48.9. The molecule has 0 atom stereocenters. The van der Waals surface area contributed by atoms with Crippen LogP contribution in [0.15, 0.2) is 121 Å². The van der Waals surface area contributed by atoms with Gasteiger partial charge in [0.25, 0.3) is 0 Å². The second kappa shape index (κ2) is 35.6. The summed E-state index contributed by atoms with van der Waals surface area (Å²) in [6.45, 7) is 16.6. The van der Waals surface area contributed by atoms with Crippen LogP contribution >= 0.6 is 0 Å². The quantitative estimate of drug-likeness (QED) is 0.0566. The Morgan fingerprint density at radius 1 is 0.404 bits per heavy atom. The van der Waals surface area contributed by atoms with Crippen LogP contribution in [0.3, 0.4) is 0 Å². The van der Waals surface area contributed by atoms with Crippen LogP contribution in [0.4, 0.5) is 0 Å². The summed E-state index contributed by atoms with van der Waals surface area (Å²) in [6, 6.07) is 33.9. The number of esters is 4. The summed E-state index contributed by atoms with van der Waals surface area (Å²) < 4.78 is 33.3. The third-order valence-corrected chi connectivity index (χ3v) is 5.27. The number of hydrogen-bond donors (Lipinski definition) is 0. The van der Waals surface area contributed by atoms with Gasteiger partial charge in [-0.1, -0.05) is 128 Å². The van der Waals surface area contributed by atoms with Crippen molar-refractivity contribution in [2.75, 3.05) is 34.0 Å². The van der Waals surface area contributed by atoms with E-state index in [1.807, 2.05) is 55.4 Å². The van der Waals surface area contributed by atoms with E-state index in [0.29, 0.717) is 42.6 Å². The second-order valence-corrected chi connectivity index (χ2v) is 8.41. The molecule has 1 aliphatic heterocycles. The van der Waals surface area contributed by atoms with Gasteiger partial charge in [0, 0.05) is 0 Å². The molecule has 1 heterocycles. The molecule has 0 amide bonds. The zero-order valence-corrected chi connectivity index (χ0v) is 31.6. The first-order chi connectivity index (χ1) is 25.5. The van der Waals surface area contributed by atoms with Gasteiger partial charge in [-0.3, -0.25) is 0 Å². The SMILES string of the molecule is C1OCOCO1.CC.CC.CC.CC.O=C(OC(=O)c1ccccc1)c1ccccc1.O=C(OCOCOC(=O)c1ccccc1)c1ccccc1. The minimum absolute atomic E-state index is 0.282. The molecule has 0 spiro atoms. The molecule has 4 aromatic rings. The van der Waals surface area contributed by atoms with Gasteiger partial charge in [-0.2, -0.15) is 0 Å². The summed E-state index contributed by atoms with van der Waals surface area (Å²) in [5, 5.41) is 0. The molecule has 0 unspecified atom stereocenters. The Kier molecular flexibility index (Phi) is 33.5. The fourth-order valence-corrected chi connectivity index (χ4v) is 3.17. The predicted molar refractivity (Wildman–Crippen MR) is 200 cm³/mol. The largest absolute Gasteiger partial charge is 0.435 e. The molecule has 11 heteroatoms. The number of ether oxygens (including phenoxy) is 7. The molecule has 1 fully saturated rings. The Labute approximate surface area is 308 Å². The third-order valence-electron chi connectivity index (χ3n) is 5.27. The van der Waals surface area contributed by atoms with Crippen molar-refractivity contribution in [3.63, 3.8) is 0 Å². The highest BCUT2D eigenvalue weighted by molar-refractivity contribution is 6.02. The van der Waals surface area contributed by atoms with E-state index < -0.39 is 23.9 Å². The van der Waals surface area contributed by atoms with Crippen LogP contribution in [-0.2, 0) is 33.2 Å². The van der Waals surface area contributed by atoms with E-state index in [0.717, 1.165) is 0 Å². The normalized spacial score (nSPS) is 10.4. The summed E-state index contributed by atoms with van der Waals surface area (Å²) in [5.41, 5.74) is 1.58. The van der Waals surface area contributed by atoms with E-state index in [9.17, 15) is 19.2 Å². The lowest BCUT2D eigenvalue weighted by molar-refractivity contribution is -0.247. The Hall–Kier alpha value is -5.20. The van der Waals surface area contributed by atoms with Gasteiger partial charge < -0.3 is 33.2 Å². The zero-order valence-electron chi connectivity index (χ0n) is 31.6. The molecule has 0 saturated carbocycles. The molecule has 284 valence electrons. The smallest absolute Gasteiger partial charge is 0.346 e. The van der Waals surface area contributed by atoms with Crippen molar-refractivity contribution in [1.29, 1.82) is 0 Å². The zero-order chi connectivity index (χ0) is 39.2. The van der Waals surface area contributed by atoms with Gasteiger partial charge >= 0.3 is 23.9 Å². The first-order valence-electron chi connectivity index (χ1n) is 17.2. The van der Waals surface area contributed by atoms with Gasteiger partial charge in [0.2, 0.25) is 0 Å². The molecule has 4 aromatic carbocycles. The van der Waals surface area contributed by atoms with Crippen LogP contribution in [-0.4, -0.2) is 57.8 Å². The molecule has 0 radical (unpaired) electrons. The average Bonchev–Trinajstić information content (AvgIpc) is 3.25. The lowest BCUT2D eigenvalue weighted by atomic mass is 10.2. The van der Waals surface area contributed by atoms with Crippen LogP contribution in [0.5, 0.6) is 0 Å². The molecule has 0 aliphatic carbocycles. The average molecular weight is 723 g/mol. The van der Waals surface area contributed by atoms with Gasteiger partial charge in [-0.25, -0.2) is 19.2 Å². The van der Waals surface area contributed by atoms with E-state index in [2.05, 4.69) is 14.2 Å². The molecule has 1 saturated heterocycles. The van der Waals surface area contributed by atoms with Crippen molar-refractivity contribution in [2.24, 2.45) is 0 Å². The van der Waals surface area contributed by atoms with Crippen LogP contribution in [0.2, 0.25) is 0 Å². The fraction of sp³-hybridized carbons (Fsp3) is 0.317. The standard InChI is InChI=1S/C16H14O5.C14H10O3.C3H6O3.4C2H6/c17-15(13-7-3-1-4-8-13)20-11-19-12-21-16(18)14-9-5-2-6-10-14;15-13(11-7-3-1-4-8-11)17-14(16)12-9-5-2-6-10-12;1-4-2-6-3-5-1;4*1-2/h1-10H,11-12H2;1-10H;1-3H2;4*1-2H3. The molecule has 0 N–H and O–H groups in total. The summed E-state index contributed by atoms with van der Waals surface area (Å²) in [7, 11) is 0. The Morgan fingerprint density at radius 2 is 0.635 bits per heavy atom. The molecule has 52 heavy (non-hydrogen) atoms. The highest BCUT2D eigenvalue weighted by atomic mass is 16.8. The third kappa shape index (κ3) is 23.2. The first-order valence-corrected chi connectivity index (χ1v) is 17.2. The maximum absolute atomic E-state index is 11.6. The van der Waals surface area contributed by atoms with E-state index in [4.69, 9.17) is 18.9 Å². The van der Waals surface area contributed by atoms with Crippen molar-refractivity contribution in [2.45, 2.75) is 55.4 Å². The molecular formula is C41H54O11. The van der Waals surface area contributed by atoms with Crippen LogP contribution in [0.25, 0.3) is 0 Å². The van der Waals surface area contributed by atoms with Crippen LogP contribution in [0, 0.1) is 0 Å². The highest BCUT2D eigenvalue weighted by Gasteiger charge is 2.14. The molecule has 11 nitrogen and oxygen atoms in total. The van der Waals surface area contributed by atoms with E-state index >= 15 is 0 Å². The van der Waals surface area contributed by atoms with Crippen LogP contribution in [0.1, 0.15) is 96.8 Å². The van der Waals surface area contributed by atoms with Gasteiger partial charge in [0.05, 0.1) is 22.3 Å². The van der Waals surface area contributed by atoms with Gasteiger partial charge in [-0.05, 0) is 48.5 Å². The Bertz CT molecular complexity index is 1300.